The van der Waals surface area contributed by atoms with E-state index in [9.17, 15) is 4.79 Å². The number of hydrogen-bond donors (Lipinski definition) is 2. The van der Waals surface area contributed by atoms with Crippen LogP contribution in [0.25, 0.3) is 0 Å². The highest BCUT2D eigenvalue weighted by Gasteiger charge is 2.07. The predicted octanol–water partition coefficient (Wildman–Crippen LogP) is 1.18. The molecule has 3 nitrogen and oxygen atoms in total. The fourth-order valence-electron chi connectivity index (χ4n) is 1.17. The molecule has 0 saturated heterocycles. The maximum Gasteiger partial charge on any atom is 0.224 e. The number of thiophene rings is 1. The van der Waals surface area contributed by atoms with Crippen molar-refractivity contribution in [3.05, 3.63) is 22.4 Å². The number of rotatable bonds is 5. The average molecular weight is 213 g/mol. The Hall–Kier alpha value is -0.870. The summed E-state index contributed by atoms with van der Waals surface area (Å²) in [5.41, 5.74) is 1.05. The molecule has 14 heavy (non-hydrogen) atoms. The summed E-state index contributed by atoms with van der Waals surface area (Å²) in [4.78, 5) is 11.4. The van der Waals surface area contributed by atoms with Gasteiger partial charge in [0.15, 0.2) is 0 Å². The number of hydrogen-bond acceptors (Lipinski definition) is 3. The molecule has 0 radical (unpaired) electrons. The van der Waals surface area contributed by atoms with Crippen LogP contribution in [0, 0.1) is 0 Å². The Bertz CT molecular complexity index is 272. The van der Waals surface area contributed by atoms with E-state index in [1.54, 1.807) is 11.3 Å². The van der Waals surface area contributed by atoms with Gasteiger partial charge in [-0.1, -0.05) is 0 Å². The van der Waals surface area contributed by atoms with Crippen LogP contribution in [0.4, 0.5) is 0 Å². The summed E-state index contributed by atoms with van der Waals surface area (Å²) in [6.07, 6.45) is 1.04. The van der Waals surface area contributed by atoms with E-state index in [-0.39, 0.29) is 18.6 Å². The molecule has 0 aliphatic carbocycles. The molecule has 1 amide bonds. The molecule has 0 fully saturated rings. The molecular formula is C10H15NO2S. The fourth-order valence-corrected chi connectivity index (χ4v) is 1.84. The topological polar surface area (TPSA) is 49.3 Å². The van der Waals surface area contributed by atoms with Crippen LogP contribution in [0.2, 0.25) is 0 Å². The maximum absolute atomic E-state index is 11.4. The molecule has 0 aliphatic heterocycles. The largest absolute Gasteiger partial charge is 0.396 e. The average Bonchev–Trinajstić information content (AvgIpc) is 2.56. The summed E-state index contributed by atoms with van der Waals surface area (Å²) in [6.45, 7) is 2.00. The van der Waals surface area contributed by atoms with Gasteiger partial charge in [0.1, 0.15) is 0 Å². The minimum atomic E-state index is 0.0179. The van der Waals surface area contributed by atoms with E-state index in [2.05, 4.69) is 5.32 Å². The lowest BCUT2D eigenvalue weighted by atomic mass is 10.2. The summed E-state index contributed by atoms with van der Waals surface area (Å²) in [5.74, 6) is 0.0179. The molecule has 2 N–H and O–H groups in total. The number of carbonyl (C=O) groups is 1. The Morgan fingerprint density at radius 1 is 1.71 bits per heavy atom. The second kappa shape index (κ2) is 5.78. The van der Waals surface area contributed by atoms with Crippen LogP contribution in [0.1, 0.15) is 18.9 Å². The van der Waals surface area contributed by atoms with Gasteiger partial charge in [0, 0.05) is 12.6 Å². The number of amides is 1. The summed E-state index contributed by atoms with van der Waals surface area (Å²) in [6, 6.07) is 1.99. The second-order valence-electron chi connectivity index (χ2n) is 3.29. The van der Waals surface area contributed by atoms with Gasteiger partial charge >= 0.3 is 0 Å². The molecule has 1 aromatic heterocycles. The van der Waals surface area contributed by atoms with Crippen LogP contribution in [0.15, 0.2) is 16.8 Å². The first-order valence-electron chi connectivity index (χ1n) is 4.63. The van der Waals surface area contributed by atoms with E-state index in [0.29, 0.717) is 12.8 Å². The van der Waals surface area contributed by atoms with Gasteiger partial charge in [0.2, 0.25) is 5.91 Å². The molecule has 0 aliphatic rings. The molecule has 0 bridgehead atoms. The van der Waals surface area contributed by atoms with Gasteiger partial charge in [-0.15, -0.1) is 0 Å². The van der Waals surface area contributed by atoms with E-state index in [4.69, 9.17) is 5.11 Å². The van der Waals surface area contributed by atoms with Crippen LogP contribution < -0.4 is 5.32 Å². The Morgan fingerprint density at radius 3 is 3.07 bits per heavy atom. The van der Waals surface area contributed by atoms with Crippen molar-refractivity contribution in [1.29, 1.82) is 0 Å². The van der Waals surface area contributed by atoms with Gasteiger partial charge in [0.05, 0.1) is 6.42 Å². The lowest BCUT2D eigenvalue weighted by Gasteiger charge is -2.11. The number of aliphatic hydroxyl groups is 1. The highest BCUT2D eigenvalue weighted by molar-refractivity contribution is 7.07. The minimum Gasteiger partial charge on any atom is -0.396 e. The van der Waals surface area contributed by atoms with Crippen molar-refractivity contribution in [2.45, 2.75) is 25.8 Å². The third-order valence-corrected chi connectivity index (χ3v) is 2.65. The molecule has 1 unspecified atom stereocenters. The van der Waals surface area contributed by atoms with E-state index in [1.165, 1.54) is 0 Å². The van der Waals surface area contributed by atoms with Crippen LogP contribution in [-0.4, -0.2) is 23.7 Å². The van der Waals surface area contributed by atoms with Crippen molar-refractivity contribution in [1.82, 2.24) is 5.32 Å². The number of aliphatic hydroxyl groups excluding tert-OH is 1. The number of nitrogens with one attached hydrogen (secondary N) is 1. The fraction of sp³-hybridized carbons (Fsp3) is 0.500. The SMILES string of the molecule is CC(CCO)NC(=O)Cc1ccsc1. The molecule has 78 valence electrons. The monoisotopic (exact) mass is 213 g/mol. The first kappa shape index (κ1) is 11.2. The lowest BCUT2D eigenvalue weighted by molar-refractivity contribution is -0.121. The molecule has 4 heteroatoms. The smallest absolute Gasteiger partial charge is 0.224 e. The van der Waals surface area contributed by atoms with Crippen molar-refractivity contribution in [2.75, 3.05) is 6.61 Å². The van der Waals surface area contributed by atoms with Gasteiger partial charge in [0.25, 0.3) is 0 Å². The number of carbonyl (C=O) groups excluding carboxylic acids is 1. The first-order chi connectivity index (χ1) is 6.72. The zero-order valence-electron chi connectivity index (χ0n) is 8.19. The molecule has 0 spiro atoms. The van der Waals surface area contributed by atoms with Crippen molar-refractivity contribution in [3.63, 3.8) is 0 Å². The summed E-state index contributed by atoms with van der Waals surface area (Å²) in [7, 11) is 0. The Kier molecular flexibility index (Phi) is 4.62. The predicted molar refractivity (Wildman–Crippen MR) is 57.3 cm³/mol. The Morgan fingerprint density at radius 2 is 2.50 bits per heavy atom. The van der Waals surface area contributed by atoms with Gasteiger partial charge < -0.3 is 10.4 Å². The van der Waals surface area contributed by atoms with Crippen LogP contribution in [0.5, 0.6) is 0 Å². The van der Waals surface area contributed by atoms with Gasteiger partial charge in [-0.25, -0.2) is 0 Å². The quantitative estimate of drug-likeness (QED) is 0.771. The van der Waals surface area contributed by atoms with Crippen molar-refractivity contribution >= 4 is 17.2 Å². The van der Waals surface area contributed by atoms with E-state index in [1.807, 2.05) is 23.8 Å². The highest BCUT2D eigenvalue weighted by Crippen LogP contribution is 2.06. The standard InChI is InChI=1S/C10H15NO2S/c1-8(2-4-12)11-10(13)6-9-3-5-14-7-9/h3,5,7-8,12H,2,4,6H2,1H3,(H,11,13). The maximum atomic E-state index is 11.4. The van der Waals surface area contributed by atoms with Gasteiger partial charge in [-0.05, 0) is 35.7 Å². The van der Waals surface area contributed by atoms with E-state index in [0.717, 1.165) is 5.56 Å². The van der Waals surface area contributed by atoms with E-state index >= 15 is 0 Å². The van der Waals surface area contributed by atoms with Crippen LogP contribution in [0.3, 0.4) is 0 Å². The molecule has 1 atom stereocenters. The lowest BCUT2D eigenvalue weighted by Crippen LogP contribution is -2.34. The molecular weight excluding hydrogens is 198 g/mol. The van der Waals surface area contributed by atoms with Crippen LogP contribution in [-0.2, 0) is 11.2 Å². The van der Waals surface area contributed by atoms with Gasteiger partial charge in [-0.3, -0.25) is 4.79 Å². The van der Waals surface area contributed by atoms with Crippen molar-refractivity contribution in [2.24, 2.45) is 0 Å². The second-order valence-corrected chi connectivity index (χ2v) is 4.07. The first-order valence-corrected chi connectivity index (χ1v) is 5.58. The third-order valence-electron chi connectivity index (χ3n) is 1.91. The summed E-state index contributed by atoms with van der Waals surface area (Å²) in [5, 5.41) is 15.4. The molecule has 1 aromatic rings. The Balaban J connectivity index is 2.29. The van der Waals surface area contributed by atoms with Crippen molar-refractivity contribution < 1.29 is 9.90 Å². The van der Waals surface area contributed by atoms with E-state index < -0.39 is 0 Å². The molecule has 0 saturated carbocycles. The summed E-state index contributed by atoms with van der Waals surface area (Å²) >= 11 is 1.59. The minimum absolute atomic E-state index is 0.0179. The van der Waals surface area contributed by atoms with Crippen LogP contribution >= 0.6 is 11.3 Å². The van der Waals surface area contributed by atoms with Crippen molar-refractivity contribution in [3.8, 4) is 0 Å². The molecule has 1 rings (SSSR count). The zero-order valence-corrected chi connectivity index (χ0v) is 9.01. The third kappa shape index (κ3) is 3.89. The molecule has 1 heterocycles. The highest BCUT2D eigenvalue weighted by atomic mass is 32.1. The molecule has 0 aromatic carbocycles. The zero-order chi connectivity index (χ0) is 10.4. The normalized spacial score (nSPS) is 12.4. The van der Waals surface area contributed by atoms with Gasteiger partial charge in [-0.2, -0.15) is 11.3 Å². The Labute approximate surface area is 87.8 Å². The summed E-state index contributed by atoms with van der Waals surface area (Å²) < 4.78 is 0.